The number of hydrogen-bond acceptors (Lipinski definition) is 5. The van der Waals surface area contributed by atoms with Gasteiger partial charge in [-0.3, -0.25) is 9.59 Å². The summed E-state index contributed by atoms with van der Waals surface area (Å²) in [4.78, 5) is 25.9. The monoisotopic (exact) mass is 437 g/mol. The minimum absolute atomic E-state index is 0.247. The van der Waals surface area contributed by atoms with Crippen molar-refractivity contribution in [1.82, 2.24) is 0 Å². The number of rotatable bonds is 9. The van der Waals surface area contributed by atoms with Crippen molar-refractivity contribution in [1.29, 1.82) is 0 Å². The Morgan fingerprint density at radius 1 is 0.871 bits per heavy atom. The third-order valence-electron chi connectivity index (χ3n) is 4.57. The molecule has 0 saturated carbocycles. The lowest BCUT2D eigenvalue weighted by molar-refractivity contribution is -0.134. The van der Waals surface area contributed by atoms with Crippen LogP contribution in [0.4, 0.5) is 5.69 Å². The van der Waals surface area contributed by atoms with E-state index in [1.54, 1.807) is 79.7 Å². The molecule has 160 valence electrons. The average Bonchev–Trinajstić information content (AvgIpc) is 2.76. The number of hydrogen-bond donors (Lipinski definition) is 1. The summed E-state index contributed by atoms with van der Waals surface area (Å²) in [5.41, 5.74) is 1.09. The second-order valence-corrected chi connectivity index (χ2v) is 8.92. The number of benzene rings is 3. The number of carbonyl (C=O) groups excluding carboxylic acids is 2. The summed E-state index contributed by atoms with van der Waals surface area (Å²) >= 11 is 0. The van der Waals surface area contributed by atoms with E-state index in [-0.39, 0.29) is 11.3 Å². The van der Waals surface area contributed by atoms with Crippen LogP contribution in [-0.4, -0.2) is 26.7 Å². The van der Waals surface area contributed by atoms with Gasteiger partial charge in [-0.2, -0.15) is 0 Å². The molecule has 0 aliphatic rings. The van der Waals surface area contributed by atoms with Crippen molar-refractivity contribution in [3.63, 3.8) is 0 Å². The number of sulfone groups is 1. The zero-order chi connectivity index (χ0) is 22.3. The van der Waals surface area contributed by atoms with Crippen molar-refractivity contribution in [2.45, 2.75) is 17.9 Å². The maximum atomic E-state index is 13.2. The molecule has 0 aliphatic carbocycles. The van der Waals surface area contributed by atoms with Crippen LogP contribution in [0, 0.1) is 0 Å². The molecule has 0 spiro atoms. The van der Waals surface area contributed by atoms with E-state index in [2.05, 4.69) is 5.32 Å². The van der Waals surface area contributed by atoms with E-state index >= 15 is 0 Å². The standard InChI is InChI=1S/C24H23NO5S/c1-2-30-21-16-10-9-15-20(21)25-24(27)22(26)23(19-13-7-4-8-14-19)31(28,29)17-18-11-5-3-6-12-18/h3-16,23H,2,17H2,1H3,(H,25,27). The van der Waals surface area contributed by atoms with Gasteiger partial charge in [0, 0.05) is 0 Å². The fourth-order valence-corrected chi connectivity index (χ4v) is 5.02. The van der Waals surface area contributed by atoms with Crippen LogP contribution in [0.3, 0.4) is 0 Å². The van der Waals surface area contributed by atoms with Crippen molar-refractivity contribution in [3.05, 3.63) is 96.1 Å². The average molecular weight is 438 g/mol. The highest BCUT2D eigenvalue weighted by molar-refractivity contribution is 7.91. The normalized spacial score (nSPS) is 12.0. The molecule has 0 aliphatic heterocycles. The Labute approximate surface area is 181 Å². The van der Waals surface area contributed by atoms with Crippen molar-refractivity contribution in [2.24, 2.45) is 0 Å². The molecule has 0 aromatic heterocycles. The number of para-hydroxylation sites is 2. The Kier molecular flexibility index (Phi) is 7.20. The quantitative estimate of drug-likeness (QED) is 0.512. The fourth-order valence-electron chi connectivity index (χ4n) is 3.19. The maximum Gasteiger partial charge on any atom is 0.293 e. The van der Waals surface area contributed by atoms with Gasteiger partial charge in [0.1, 0.15) is 5.75 Å². The van der Waals surface area contributed by atoms with E-state index in [9.17, 15) is 18.0 Å². The predicted molar refractivity (Wildman–Crippen MR) is 119 cm³/mol. The first-order chi connectivity index (χ1) is 14.9. The van der Waals surface area contributed by atoms with Gasteiger partial charge in [0.2, 0.25) is 5.78 Å². The Balaban J connectivity index is 1.93. The Morgan fingerprint density at radius 2 is 1.45 bits per heavy atom. The highest BCUT2D eigenvalue weighted by Crippen LogP contribution is 2.29. The number of nitrogens with one attached hydrogen (secondary N) is 1. The Morgan fingerprint density at radius 3 is 2.10 bits per heavy atom. The van der Waals surface area contributed by atoms with Gasteiger partial charge in [0.05, 0.1) is 18.0 Å². The summed E-state index contributed by atoms with van der Waals surface area (Å²) in [6.45, 7) is 2.17. The van der Waals surface area contributed by atoms with Crippen molar-refractivity contribution < 1.29 is 22.7 Å². The van der Waals surface area contributed by atoms with Gasteiger partial charge < -0.3 is 10.1 Å². The first-order valence-corrected chi connectivity index (χ1v) is 11.5. The van der Waals surface area contributed by atoms with E-state index in [0.29, 0.717) is 23.6 Å². The largest absolute Gasteiger partial charge is 0.492 e. The number of anilines is 1. The number of carbonyl (C=O) groups is 2. The van der Waals surface area contributed by atoms with Gasteiger partial charge in [0.15, 0.2) is 15.1 Å². The summed E-state index contributed by atoms with van der Waals surface area (Å²) in [7, 11) is -4.03. The highest BCUT2D eigenvalue weighted by atomic mass is 32.2. The minimum Gasteiger partial charge on any atom is -0.492 e. The number of ether oxygens (including phenoxy) is 1. The van der Waals surface area contributed by atoms with Gasteiger partial charge in [-0.25, -0.2) is 8.42 Å². The van der Waals surface area contributed by atoms with Crippen LogP contribution in [0.1, 0.15) is 23.3 Å². The Hall–Kier alpha value is -3.45. The molecule has 0 fully saturated rings. The molecular weight excluding hydrogens is 414 g/mol. The number of Topliss-reactive ketones (excluding diaryl/α,β-unsaturated/α-hetero) is 1. The third kappa shape index (κ3) is 5.58. The van der Waals surface area contributed by atoms with E-state index in [4.69, 9.17) is 4.74 Å². The second-order valence-electron chi connectivity index (χ2n) is 6.83. The lowest BCUT2D eigenvalue weighted by Gasteiger charge is -2.18. The topological polar surface area (TPSA) is 89.5 Å². The molecule has 3 rings (SSSR count). The molecule has 31 heavy (non-hydrogen) atoms. The first kappa shape index (κ1) is 22.2. The molecule has 6 nitrogen and oxygen atoms in total. The smallest absolute Gasteiger partial charge is 0.293 e. The molecule has 7 heteroatoms. The van der Waals surface area contributed by atoms with Crippen LogP contribution in [0.15, 0.2) is 84.9 Å². The van der Waals surface area contributed by atoms with Crippen LogP contribution < -0.4 is 10.1 Å². The SMILES string of the molecule is CCOc1ccccc1NC(=O)C(=O)C(c1ccccc1)S(=O)(=O)Cc1ccccc1. The summed E-state index contributed by atoms with van der Waals surface area (Å²) in [6.07, 6.45) is 0. The van der Waals surface area contributed by atoms with E-state index in [0.717, 1.165) is 0 Å². The van der Waals surface area contributed by atoms with Crippen molar-refractivity contribution in [3.8, 4) is 5.75 Å². The lowest BCUT2D eigenvalue weighted by atomic mass is 10.1. The third-order valence-corrected chi connectivity index (χ3v) is 6.51. The van der Waals surface area contributed by atoms with Gasteiger partial charge in [0.25, 0.3) is 5.91 Å². The molecule has 0 heterocycles. The predicted octanol–water partition coefficient (Wildman–Crippen LogP) is 3.95. The van der Waals surface area contributed by atoms with Crippen LogP contribution in [0.2, 0.25) is 0 Å². The van der Waals surface area contributed by atoms with Gasteiger partial charge in [-0.05, 0) is 30.2 Å². The molecule has 0 saturated heterocycles. The van der Waals surface area contributed by atoms with Crippen molar-refractivity contribution in [2.75, 3.05) is 11.9 Å². The zero-order valence-corrected chi connectivity index (χ0v) is 17.8. The summed E-state index contributed by atoms with van der Waals surface area (Å²) < 4.78 is 32.0. The van der Waals surface area contributed by atoms with Crippen LogP contribution in [0.25, 0.3) is 0 Å². The molecule has 0 radical (unpaired) electrons. The molecule has 1 N–H and O–H groups in total. The molecule has 1 atom stereocenters. The lowest BCUT2D eigenvalue weighted by Crippen LogP contribution is -2.33. The number of amides is 1. The summed E-state index contributed by atoms with van der Waals surface area (Å²) in [6, 6.07) is 23.3. The zero-order valence-electron chi connectivity index (χ0n) is 17.0. The van der Waals surface area contributed by atoms with Gasteiger partial charge in [-0.15, -0.1) is 0 Å². The maximum absolute atomic E-state index is 13.2. The summed E-state index contributed by atoms with van der Waals surface area (Å²) in [5.74, 6) is -2.03. The minimum atomic E-state index is -4.03. The van der Waals surface area contributed by atoms with Gasteiger partial charge >= 0.3 is 0 Å². The fraction of sp³-hybridized carbons (Fsp3) is 0.167. The number of ketones is 1. The second kappa shape index (κ2) is 10.0. The van der Waals surface area contributed by atoms with Crippen LogP contribution in [-0.2, 0) is 25.2 Å². The van der Waals surface area contributed by atoms with E-state index in [1.165, 1.54) is 12.1 Å². The van der Waals surface area contributed by atoms with Crippen molar-refractivity contribution >= 4 is 27.2 Å². The van der Waals surface area contributed by atoms with Crippen LogP contribution in [0.5, 0.6) is 5.75 Å². The highest BCUT2D eigenvalue weighted by Gasteiger charge is 2.38. The molecule has 3 aromatic carbocycles. The molecule has 1 amide bonds. The summed E-state index contributed by atoms with van der Waals surface area (Å²) in [5, 5.41) is 0.886. The Bertz CT molecular complexity index is 1140. The van der Waals surface area contributed by atoms with Crippen LogP contribution >= 0.6 is 0 Å². The molecule has 3 aromatic rings. The van der Waals surface area contributed by atoms with Gasteiger partial charge in [-0.1, -0.05) is 72.8 Å². The molecular formula is C24H23NO5S. The van der Waals surface area contributed by atoms with E-state index < -0.39 is 26.8 Å². The molecule has 0 bridgehead atoms. The first-order valence-electron chi connectivity index (χ1n) is 9.80. The van der Waals surface area contributed by atoms with E-state index in [1.807, 2.05) is 0 Å². The molecule has 1 unspecified atom stereocenters.